The smallest absolute Gasteiger partial charge is 0.247 e. The zero-order valence-corrected chi connectivity index (χ0v) is 18.2. The molecule has 2 N–H and O–H groups in total. The molecule has 1 amide bonds. The summed E-state index contributed by atoms with van der Waals surface area (Å²) in [4.78, 5) is 14.0. The monoisotopic (exact) mass is 432 g/mol. The predicted octanol–water partition coefficient (Wildman–Crippen LogP) is 5.06. The van der Waals surface area contributed by atoms with E-state index in [9.17, 15) is 4.79 Å². The van der Waals surface area contributed by atoms with Gasteiger partial charge in [-0.25, -0.2) is 0 Å². The Bertz CT molecular complexity index is 1010. The number of benzene rings is 1. The first-order valence-electron chi connectivity index (χ1n) is 9.37. The van der Waals surface area contributed by atoms with E-state index in [1.807, 2.05) is 17.5 Å². The van der Waals surface area contributed by atoms with E-state index in [0.29, 0.717) is 34.4 Å². The average Bonchev–Trinajstić information content (AvgIpc) is 3.38. The van der Waals surface area contributed by atoms with Crippen molar-refractivity contribution < 1.29 is 14.3 Å². The third-order valence-corrected chi connectivity index (χ3v) is 5.57. The van der Waals surface area contributed by atoms with E-state index < -0.39 is 6.04 Å². The Hall–Kier alpha value is -2.65. The Morgan fingerprint density at radius 1 is 1.41 bits per heavy atom. The number of nitrogens with one attached hydrogen (secondary N) is 2. The number of hydrogen-bond donors (Lipinski definition) is 2. The third-order valence-electron chi connectivity index (χ3n) is 4.41. The second kappa shape index (κ2) is 9.71. The Labute approximate surface area is 178 Å². The lowest BCUT2D eigenvalue weighted by molar-refractivity contribution is -0.118. The zero-order chi connectivity index (χ0) is 20.8. The minimum absolute atomic E-state index is 0.228. The topological polar surface area (TPSA) is 81.2 Å². The van der Waals surface area contributed by atoms with Crippen molar-refractivity contribution in [1.82, 2.24) is 14.8 Å². The molecule has 154 valence electrons. The number of carbonyl (C=O) groups excluding carboxylic acids is 1. The number of hydrogen-bond acceptors (Lipinski definition) is 6. The Morgan fingerprint density at radius 2 is 2.24 bits per heavy atom. The van der Waals surface area contributed by atoms with E-state index in [-0.39, 0.29) is 5.91 Å². The van der Waals surface area contributed by atoms with Crippen LogP contribution in [0.3, 0.4) is 0 Å². The zero-order valence-electron chi connectivity index (χ0n) is 16.6. The molecule has 0 bridgehead atoms. The van der Waals surface area contributed by atoms with Gasteiger partial charge < -0.3 is 14.8 Å². The van der Waals surface area contributed by atoms with Crippen molar-refractivity contribution in [2.75, 3.05) is 19.0 Å². The molecule has 0 aliphatic heterocycles. The second-order valence-electron chi connectivity index (χ2n) is 6.43. The number of H-pyrrole nitrogens is 1. The number of methoxy groups -OCH3 is 1. The number of ether oxygens (including phenoxy) is 2. The van der Waals surface area contributed by atoms with Gasteiger partial charge in [0.1, 0.15) is 17.5 Å². The lowest BCUT2D eigenvalue weighted by Crippen LogP contribution is -2.24. The number of aromatic nitrogens is 3. The van der Waals surface area contributed by atoms with Crippen molar-refractivity contribution in [3.63, 3.8) is 0 Å². The van der Waals surface area contributed by atoms with E-state index >= 15 is 0 Å². The minimum atomic E-state index is -0.576. The van der Waals surface area contributed by atoms with Crippen LogP contribution in [0, 0.1) is 4.77 Å². The van der Waals surface area contributed by atoms with Gasteiger partial charge in [-0.05, 0) is 49.1 Å². The highest BCUT2D eigenvalue weighted by atomic mass is 32.1. The van der Waals surface area contributed by atoms with Crippen molar-refractivity contribution in [2.45, 2.75) is 32.7 Å². The number of anilines is 1. The van der Waals surface area contributed by atoms with E-state index in [1.165, 1.54) is 11.3 Å². The fourth-order valence-corrected chi connectivity index (χ4v) is 3.78. The van der Waals surface area contributed by atoms with Crippen LogP contribution in [0.25, 0.3) is 10.7 Å². The van der Waals surface area contributed by atoms with E-state index in [4.69, 9.17) is 21.7 Å². The quantitative estimate of drug-likeness (QED) is 0.365. The fourth-order valence-electron chi connectivity index (χ4n) is 2.78. The summed E-state index contributed by atoms with van der Waals surface area (Å²) in [6, 6.07) is 8.66. The van der Waals surface area contributed by atoms with Gasteiger partial charge in [-0.15, -0.1) is 11.3 Å². The van der Waals surface area contributed by atoms with Gasteiger partial charge in [0.25, 0.3) is 0 Å². The lowest BCUT2D eigenvalue weighted by atomic mass is 10.2. The molecular formula is C20H24N4O3S2. The number of carbonyl (C=O) groups is 1. The number of thiophene rings is 1. The van der Waals surface area contributed by atoms with E-state index in [0.717, 1.165) is 17.7 Å². The molecule has 2 aromatic heterocycles. The largest absolute Gasteiger partial charge is 0.497 e. The molecule has 0 spiro atoms. The Kier molecular flexibility index (Phi) is 7.05. The van der Waals surface area contributed by atoms with Gasteiger partial charge >= 0.3 is 0 Å². The van der Waals surface area contributed by atoms with Gasteiger partial charge in [-0.3, -0.25) is 14.5 Å². The minimum Gasteiger partial charge on any atom is -0.497 e. The summed E-state index contributed by atoms with van der Waals surface area (Å²) in [5.41, 5.74) is 0.560. The lowest BCUT2D eigenvalue weighted by Gasteiger charge is -2.18. The summed E-state index contributed by atoms with van der Waals surface area (Å²) in [6.07, 6.45) is 1.96. The van der Waals surface area contributed by atoms with Crippen LogP contribution >= 0.6 is 23.6 Å². The first-order valence-corrected chi connectivity index (χ1v) is 10.7. The average molecular weight is 433 g/mol. The standard InChI is InChI=1S/C20H24N4O3S2/c1-4-5-10-27-16-9-8-14(26-3)12-15(16)21-19(25)13(2)24-18(22-23-20(24)28)17-7-6-11-29-17/h6-9,11-13H,4-5,10H2,1-3H3,(H,21,25)(H,23,28). The Balaban J connectivity index is 1.85. The van der Waals surface area contributed by atoms with Gasteiger partial charge in [-0.1, -0.05) is 19.4 Å². The summed E-state index contributed by atoms with van der Waals surface area (Å²) in [5, 5.41) is 12.0. The molecule has 0 radical (unpaired) electrons. The number of aromatic amines is 1. The molecule has 29 heavy (non-hydrogen) atoms. The molecule has 3 aromatic rings. The summed E-state index contributed by atoms with van der Waals surface area (Å²) < 4.78 is 13.2. The molecule has 1 aromatic carbocycles. The van der Waals surface area contributed by atoms with Crippen LogP contribution in [-0.2, 0) is 4.79 Å². The molecule has 1 atom stereocenters. The van der Waals surface area contributed by atoms with Gasteiger partial charge in [0.2, 0.25) is 5.91 Å². The molecule has 0 aliphatic carbocycles. The molecule has 3 rings (SSSR count). The van der Waals surface area contributed by atoms with Crippen molar-refractivity contribution >= 4 is 35.1 Å². The van der Waals surface area contributed by atoms with Crippen LogP contribution in [-0.4, -0.2) is 34.4 Å². The van der Waals surface area contributed by atoms with Gasteiger partial charge in [0.15, 0.2) is 10.6 Å². The van der Waals surface area contributed by atoms with Crippen LogP contribution in [0.4, 0.5) is 5.69 Å². The number of amides is 1. The molecule has 2 heterocycles. The highest BCUT2D eigenvalue weighted by Gasteiger charge is 2.22. The molecule has 0 aliphatic rings. The number of rotatable bonds is 9. The first kappa shape index (κ1) is 21.1. The fraction of sp³-hybridized carbons (Fsp3) is 0.350. The molecule has 1 unspecified atom stereocenters. The van der Waals surface area contributed by atoms with Crippen molar-refractivity contribution in [3.05, 3.63) is 40.5 Å². The van der Waals surface area contributed by atoms with Crippen LogP contribution in [0.15, 0.2) is 35.7 Å². The van der Waals surface area contributed by atoms with Crippen molar-refractivity contribution in [1.29, 1.82) is 0 Å². The van der Waals surface area contributed by atoms with Crippen molar-refractivity contribution in [3.8, 4) is 22.2 Å². The maximum absolute atomic E-state index is 13.1. The molecule has 9 heteroatoms. The summed E-state index contributed by atoms with van der Waals surface area (Å²) in [5.74, 6) is 1.65. The normalized spacial score (nSPS) is 11.8. The third kappa shape index (κ3) is 4.86. The number of unbranched alkanes of at least 4 members (excludes halogenated alkanes) is 1. The molecule has 7 nitrogen and oxygen atoms in total. The van der Waals surface area contributed by atoms with Crippen LogP contribution in [0.1, 0.15) is 32.7 Å². The maximum Gasteiger partial charge on any atom is 0.247 e. The number of nitrogens with zero attached hydrogens (tertiary/aromatic N) is 2. The molecular weight excluding hydrogens is 408 g/mol. The van der Waals surface area contributed by atoms with Crippen LogP contribution in [0.5, 0.6) is 11.5 Å². The summed E-state index contributed by atoms with van der Waals surface area (Å²) in [6.45, 7) is 4.47. The predicted molar refractivity (Wildman–Crippen MR) is 117 cm³/mol. The summed E-state index contributed by atoms with van der Waals surface area (Å²) >= 11 is 6.91. The molecule has 0 fully saturated rings. The van der Waals surface area contributed by atoms with Gasteiger partial charge in [0.05, 0.1) is 24.3 Å². The summed E-state index contributed by atoms with van der Waals surface area (Å²) in [7, 11) is 1.58. The Morgan fingerprint density at radius 3 is 2.93 bits per heavy atom. The second-order valence-corrected chi connectivity index (χ2v) is 7.76. The molecule has 0 saturated carbocycles. The molecule has 0 saturated heterocycles. The van der Waals surface area contributed by atoms with Gasteiger partial charge in [0, 0.05) is 6.07 Å². The van der Waals surface area contributed by atoms with Crippen molar-refractivity contribution in [2.24, 2.45) is 0 Å². The van der Waals surface area contributed by atoms with Crippen LogP contribution < -0.4 is 14.8 Å². The van der Waals surface area contributed by atoms with Gasteiger partial charge in [-0.2, -0.15) is 5.10 Å². The van der Waals surface area contributed by atoms with E-state index in [1.54, 1.807) is 36.8 Å². The highest BCUT2D eigenvalue weighted by molar-refractivity contribution is 7.71. The highest BCUT2D eigenvalue weighted by Crippen LogP contribution is 2.31. The maximum atomic E-state index is 13.1. The first-order chi connectivity index (χ1) is 14.0. The SMILES string of the molecule is CCCCOc1ccc(OC)cc1NC(=O)C(C)n1c(-c2cccs2)n[nH]c1=S. The van der Waals surface area contributed by atoms with Crippen LogP contribution in [0.2, 0.25) is 0 Å². The van der Waals surface area contributed by atoms with E-state index in [2.05, 4.69) is 22.4 Å².